The molecule has 0 fully saturated rings. The van der Waals surface area contributed by atoms with Crippen molar-refractivity contribution in [3.05, 3.63) is 59.5 Å². The lowest BCUT2D eigenvalue weighted by Gasteiger charge is -2.29. The van der Waals surface area contributed by atoms with Crippen LogP contribution in [0.4, 0.5) is 4.39 Å². The van der Waals surface area contributed by atoms with Crippen LogP contribution in [-0.4, -0.2) is 28.6 Å². The van der Waals surface area contributed by atoms with Crippen LogP contribution in [0.5, 0.6) is 5.88 Å². The molecule has 1 aromatic carbocycles. The first-order chi connectivity index (χ1) is 11.8. The molecule has 1 atom stereocenters. The zero-order chi connectivity index (χ0) is 18.4. The summed E-state index contributed by atoms with van der Waals surface area (Å²) in [5.41, 5.74) is 0.812. The molecule has 0 aliphatic rings. The highest BCUT2D eigenvalue weighted by molar-refractivity contribution is 5.94. The number of halogens is 1. The summed E-state index contributed by atoms with van der Waals surface area (Å²) in [5, 5.41) is 12.2. The summed E-state index contributed by atoms with van der Waals surface area (Å²) < 4.78 is 18.6. The van der Waals surface area contributed by atoms with E-state index in [4.69, 9.17) is 4.74 Å². The van der Waals surface area contributed by atoms with Crippen molar-refractivity contribution >= 4 is 5.91 Å². The minimum atomic E-state index is -0.357. The molecule has 0 saturated heterocycles. The quantitative estimate of drug-likeness (QED) is 0.844. The number of pyridine rings is 1. The Bertz CT molecular complexity index is 711. The second-order valence-corrected chi connectivity index (χ2v) is 6.88. The average Bonchev–Trinajstić information content (AvgIpc) is 2.57. The van der Waals surface area contributed by atoms with E-state index in [9.17, 15) is 14.3 Å². The summed E-state index contributed by atoms with van der Waals surface area (Å²) >= 11 is 0. The highest BCUT2D eigenvalue weighted by atomic mass is 19.1. The van der Waals surface area contributed by atoms with Crippen molar-refractivity contribution < 1.29 is 19.0 Å². The van der Waals surface area contributed by atoms with Gasteiger partial charge in [-0.25, -0.2) is 9.37 Å². The van der Waals surface area contributed by atoms with Gasteiger partial charge in [-0.3, -0.25) is 4.79 Å². The number of benzene rings is 1. The third-order valence-corrected chi connectivity index (χ3v) is 3.81. The van der Waals surface area contributed by atoms with Gasteiger partial charge in [0.05, 0.1) is 18.2 Å². The van der Waals surface area contributed by atoms with Gasteiger partial charge in [0.15, 0.2) is 0 Å². The Hall–Kier alpha value is -2.47. The summed E-state index contributed by atoms with van der Waals surface area (Å²) in [6.45, 7) is 5.87. The van der Waals surface area contributed by atoms with Gasteiger partial charge in [0.2, 0.25) is 5.88 Å². The molecule has 1 unspecified atom stereocenters. The van der Waals surface area contributed by atoms with Crippen molar-refractivity contribution in [1.82, 2.24) is 10.3 Å². The molecule has 0 spiro atoms. The molecule has 1 aromatic heterocycles. The van der Waals surface area contributed by atoms with Gasteiger partial charge in [0.1, 0.15) is 12.4 Å². The zero-order valence-corrected chi connectivity index (χ0v) is 14.6. The number of hydrogen-bond donors (Lipinski definition) is 2. The van der Waals surface area contributed by atoms with E-state index in [2.05, 4.69) is 10.3 Å². The first kappa shape index (κ1) is 18.9. The molecule has 2 aromatic rings. The second kappa shape index (κ2) is 8.07. The summed E-state index contributed by atoms with van der Waals surface area (Å²) in [6, 6.07) is 8.95. The normalized spacial score (nSPS) is 12.5. The van der Waals surface area contributed by atoms with Gasteiger partial charge in [-0.1, -0.05) is 32.9 Å². The molecule has 0 aliphatic carbocycles. The monoisotopic (exact) mass is 346 g/mol. The van der Waals surface area contributed by atoms with Crippen LogP contribution in [0.15, 0.2) is 42.6 Å². The number of hydrogen-bond acceptors (Lipinski definition) is 4. The van der Waals surface area contributed by atoms with Crippen molar-refractivity contribution in [1.29, 1.82) is 0 Å². The Labute approximate surface area is 146 Å². The van der Waals surface area contributed by atoms with Gasteiger partial charge < -0.3 is 15.2 Å². The van der Waals surface area contributed by atoms with Crippen LogP contribution in [0.25, 0.3) is 0 Å². The van der Waals surface area contributed by atoms with Gasteiger partial charge in [-0.05, 0) is 29.2 Å². The lowest BCUT2D eigenvalue weighted by molar-refractivity contribution is 0.0847. The number of aromatic nitrogens is 1. The van der Waals surface area contributed by atoms with Crippen molar-refractivity contribution in [3.63, 3.8) is 0 Å². The number of nitrogens with one attached hydrogen (secondary N) is 1. The van der Waals surface area contributed by atoms with Crippen molar-refractivity contribution in [3.8, 4) is 5.88 Å². The Morgan fingerprint density at radius 3 is 2.64 bits per heavy atom. The summed E-state index contributed by atoms with van der Waals surface area (Å²) in [7, 11) is 0. The Balaban J connectivity index is 1.96. The molecule has 2 rings (SSSR count). The van der Waals surface area contributed by atoms with E-state index in [-0.39, 0.29) is 36.4 Å². The molecule has 0 aliphatic heterocycles. The third kappa shape index (κ3) is 5.53. The summed E-state index contributed by atoms with van der Waals surface area (Å²) in [6.07, 6.45) is 1.41. The predicted molar refractivity (Wildman–Crippen MR) is 92.8 cm³/mol. The van der Waals surface area contributed by atoms with E-state index in [0.29, 0.717) is 17.0 Å². The van der Waals surface area contributed by atoms with E-state index in [0.717, 1.165) is 0 Å². The lowest BCUT2D eigenvalue weighted by atomic mass is 9.87. The third-order valence-electron chi connectivity index (χ3n) is 3.81. The zero-order valence-electron chi connectivity index (χ0n) is 14.6. The van der Waals surface area contributed by atoms with Gasteiger partial charge >= 0.3 is 0 Å². The molecule has 1 amide bonds. The van der Waals surface area contributed by atoms with E-state index < -0.39 is 0 Å². The maximum atomic E-state index is 13.1. The lowest BCUT2D eigenvalue weighted by Crippen LogP contribution is -2.46. The number of nitrogens with zero attached hydrogens (tertiary/aromatic N) is 1. The fourth-order valence-electron chi connectivity index (χ4n) is 2.16. The van der Waals surface area contributed by atoms with Gasteiger partial charge in [0.25, 0.3) is 5.91 Å². The number of aliphatic hydroxyl groups excluding tert-OH is 1. The Morgan fingerprint density at radius 1 is 1.32 bits per heavy atom. The smallest absolute Gasteiger partial charge is 0.253 e. The standard InChI is InChI=1S/C19H23FN2O3/c1-19(2,3)16(11-23)22-18(24)14-7-8-17(21-10-14)25-12-13-5-4-6-15(20)9-13/h4-10,16,23H,11-12H2,1-3H3,(H,22,24). The molecule has 2 N–H and O–H groups in total. The van der Waals surface area contributed by atoms with Crippen molar-refractivity contribution in [2.45, 2.75) is 33.4 Å². The van der Waals surface area contributed by atoms with Crippen LogP contribution < -0.4 is 10.1 Å². The van der Waals surface area contributed by atoms with Gasteiger partial charge in [-0.15, -0.1) is 0 Å². The van der Waals surface area contributed by atoms with Gasteiger partial charge in [0, 0.05) is 12.3 Å². The minimum absolute atomic E-state index is 0.141. The molecule has 0 saturated carbocycles. The summed E-state index contributed by atoms with van der Waals surface area (Å²) in [4.78, 5) is 16.3. The van der Waals surface area contributed by atoms with E-state index in [1.165, 1.54) is 18.3 Å². The van der Waals surface area contributed by atoms with Crippen molar-refractivity contribution in [2.75, 3.05) is 6.61 Å². The first-order valence-electron chi connectivity index (χ1n) is 8.04. The number of carbonyl (C=O) groups is 1. The maximum absolute atomic E-state index is 13.1. The average molecular weight is 346 g/mol. The van der Waals surface area contributed by atoms with E-state index in [1.54, 1.807) is 24.3 Å². The number of amides is 1. The van der Waals surface area contributed by atoms with Crippen LogP contribution >= 0.6 is 0 Å². The molecule has 6 heteroatoms. The number of aliphatic hydroxyl groups is 1. The fourth-order valence-corrected chi connectivity index (χ4v) is 2.16. The Morgan fingerprint density at radius 2 is 2.08 bits per heavy atom. The largest absolute Gasteiger partial charge is 0.473 e. The SMILES string of the molecule is CC(C)(C)C(CO)NC(=O)c1ccc(OCc2cccc(F)c2)nc1. The molecule has 0 bridgehead atoms. The Kier molecular flexibility index (Phi) is 6.09. The number of rotatable bonds is 6. The minimum Gasteiger partial charge on any atom is -0.473 e. The van der Waals surface area contributed by atoms with E-state index >= 15 is 0 Å². The fraction of sp³-hybridized carbons (Fsp3) is 0.368. The van der Waals surface area contributed by atoms with Crippen LogP contribution in [0.2, 0.25) is 0 Å². The van der Waals surface area contributed by atoms with Crippen molar-refractivity contribution in [2.24, 2.45) is 5.41 Å². The maximum Gasteiger partial charge on any atom is 0.253 e. The molecule has 0 radical (unpaired) electrons. The highest BCUT2D eigenvalue weighted by Gasteiger charge is 2.25. The number of ether oxygens (including phenoxy) is 1. The first-order valence-corrected chi connectivity index (χ1v) is 8.04. The van der Waals surface area contributed by atoms with Crippen LogP contribution in [-0.2, 0) is 6.61 Å². The molecule has 1 heterocycles. The molecular weight excluding hydrogens is 323 g/mol. The van der Waals surface area contributed by atoms with Crippen LogP contribution in [0.3, 0.4) is 0 Å². The second-order valence-electron chi connectivity index (χ2n) is 6.88. The summed E-state index contributed by atoms with van der Waals surface area (Å²) in [5.74, 6) is -0.285. The topological polar surface area (TPSA) is 71.5 Å². The highest BCUT2D eigenvalue weighted by Crippen LogP contribution is 2.19. The van der Waals surface area contributed by atoms with E-state index in [1.807, 2.05) is 20.8 Å². The predicted octanol–water partition coefficient (Wildman–Crippen LogP) is 2.94. The van der Waals surface area contributed by atoms with Gasteiger partial charge in [-0.2, -0.15) is 0 Å². The molecule has 25 heavy (non-hydrogen) atoms. The number of carbonyl (C=O) groups excluding carboxylic acids is 1. The molecule has 134 valence electrons. The molecular formula is C19H23FN2O3. The van der Waals surface area contributed by atoms with Crippen LogP contribution in [0, 0.1) is 11.2 Å². The molecule has 5 nitrogen and oxygen atoms in total. The van der Waals surface area contributed by atoms with Crippen LogP contribution in [0.1, 0.15) is 36.7 Å².